The summed E-state index contributed by atoms with van der Waals surface area (Å²) in [5, 5.41) is 0.0565. The van der Waals surface area contributed by atoms with Crippen molar-refractivity contribution in [1.82, 2.24) is 9.13 Å². The van der Waals surface area contributed by atoms with Crippen molar-refractivity contribution in [2.45, 2.75) is 19.6 Å². The molecule has 1 heterocycles. The quantitative estimate of drug-likeness (QED) is 0.279. The Hall–Kier alpha value is -1.65. The van der Waals surface area contributed by atoms with Crippen LogP contribution < -0.4 is 5.62 Å². The van der Waals surface area contributed by atoms with E-state index in [1.165, 1.54) is 16.7 Å². The number of fused-ring (bicyclic) bond motifs is 1. The number of carbonyl (C=O) groups excluding carboxylic acids is 1. The fourth-order valence-corrected chi connectivity index (χ4v) is 5.12. The van der Waals surface area contributed by atoms with Gasteiger partial charge in [0.25, 0.3) is 0 Å². The van der Waals surface area contributed by atoms with Gasteiger partial charge >= 0.3 is 6.18 Å². The number of hydrogen-bond acceptors (Lipinski definition) is 2. The number of nitrogens with zero attached hydrogens (tertiary/aromatic N) is 3. The zero-order chi connectivity index (χ0) is 22.4. The number of imidazole rings is 1. The van der Waals surface area contributed by atoms with Gasteiger partial charge in [-0.05, 0) is 63.0 Å². The number of alkyl halides is 3. The van der Waals surface area contributed by atoms with Crippen molar-refractivity contribution in [2.75, 3.05) is 6.54 Å². The predicted octanol–water partition coefficient (Wildman–Crippen LogP) is 6.01. The molecule has 3 aromatic rings. The highest BCUT2D eigenvalue weighted by Gasteiger charge is 2.31. The SMILES string of the molecule is CCN=c1n(C)c2c(Br)c(C(=O)c3cc(F)ccc3Cl)c(Br)cc2n1CC(F)(F)F. The maximum absolute atomic E-state index is 13.7. The van der Waals surface area contributed by atoms with E-state index in [0.717, 1.165) is 16.7 Å². The molecule has 0 saturated heterocycles. The molecule has 30 heavy (non-hydrogen) atoms. The summed E-state index contributed by atoms with van der Waals surface area (Å²) in [6.45, 7) is 0.734. The van der Waals surface area contributed by atoms with E-state index in [2.05, 4.69) is 36.9 Å². The first-order chi connectivity index (χ1) is 14.0. The van der Waals surface area contributed by atoms with Crippen molar-refractivity contribution in [3.63, 3.8) is 0 Å². The molecule has 0 atom stereocenters. The van der Waals surface area contributed by atoms with Gasteiger partial charge < -0.3 is 9.13 Å². The first-order valence-electron chi connectivity index (χ1n) is 8.60. The van der Waals surface area contributed by atoms with Gasteiger partial charge in [-0.15, -0.1) is 0 Å². The minimum absolute atomic E-state index is 0.0565. The van der Waals surface area contributed by atoms with Crippen LogP contribution >= 0.6 is 43.5 Å². The van der Waals surface area contributed by atoms with Gasteiger partial charge in [0, 0.05) is 23.6 Å². The third kappa shape index (κ3) is 4.22. The van der Waals surface area contributed by atoms with Crippen molar-refractivity contribution in [1.29, 1.82) is 0 Å². The number of carbonyl (C=O) groups is 1. The normalized spacial score (nSPS) is 12.8. The van der Waals surface area contributed by atoms with Crippen LogP contribution in [0.25, 0.3) is 11.0 Å². The van der Waals surface area contributed by atoms with E-state index < -0.39 is 24.3 Å². The van der Waals surface area contributed by atoms with E-state index >= 15 is 0 Å². The Bertz CT molecular complexity index is 1230. The molecule has 0 amide bonds. The highest BCUT2D eigenvalue weighted by Crippen LogP contribution is 2.36. The summed E-state index contributed by atoms with van der Waals surface area (Å²) in [4.78, 5) is 17.3. The summed E-state index contributed by atoms with van der Waals surface area (Å²) in [5.74, 6) is -1.22. The van der Waals surface area contributed by atoms with Crippen LogP contribution in [0.3, 0.4) is 0 Å². The molecule has 0 saturated carbocycles. The Morgan fingerprint density at radius 3 is 2.50 bits per heavy atom. The summed E-state index contributed by atoms with van der Waals surface area (Å²) in [5.41, 5.74) is 0.713. The van der Waals surface area contributed by atoms with Crippen LogP contribution in [0.15, 0.2) is 38.2 Å². The molecule has 11 heteroatoms. The lowest BCUT2D eigenvalue weighted by Gasteiger charge is -2.12. The summed E-state index contributed by atoms with van der Waals surface area (Å²) >= 11 is 12.7. The molecule has 3 rings (SSSR count). The molecule has 2 aromatic carbocycles. The third-order valence-electron chi connectivity index (χ3n) is 4.38. The van der Waals surface area contributed by atoms with Gasteiger partial charge in [-0.3, -0.25) is 9.79 Å². The molecule has 0 bridgehead atoms. The number of rotatable bonds is 4. The molecule has 0 aliphatic carbocycles. The van der Waals surface area contributed by atoms with Crippen LogP contribution in [-0.4, -0.2) is 27.6 Å². The highest BCUT2D eigenvalue weighted by atomic mass is 79.9. The van der Waals surface area contributed by atoms with Crippen molar-refractivity contribution >= 4 is 60.3 Å². The largest absolute Gasteiger partial charge is 0.406 e. The minimum atomic E-state index is -4.47. The number of aromatic nitrogens is 2. The smallest absolute Gasteiger partial charge is 0.312 e. The minimum Gasteiger partial charge on any atom is -0.312 e. The fraction of sp³-hybridized carbons (Fsp3) is 0.263. The average Bonchev–Trinajstić information content (AvgIpc) is 2.88. The molecule has 0 spiro atoms. The highest BCUT2D eigenvalue weighted by molar-refractivity contribution is 9.11. The van der Waals surface area contributed by atoms with Gasteiger partial charge in [-0.25, -0.2) is 4.39 Å². The molecule has 4 nitrogen and oxygen atoms in total. The second kappa shape index (κ2) is 8.47. The lowest BCUT2D eigenvalue weighted by atomic mass is 10.0. The van der Waals surface area contributed by atoms with Crippen LogP contribution in [0.5, 0.6) is 0 Å². The number of ketones is 1. The van der Waals surface area contributed by atoms with Crippen LogP contribution in [0.2, 0.25) is 5.02 Å². The van der Waals surface area contributed by atoms with Crippen molar-refractivity contribution in [3.05, 3.63) is 60.8 Å². The van der Waals surface area contributed by atoms with E-state index in [1.807, 2.05) is 0 Å². The monoisotopic (exact) mass is 569 g/mol. The Morgan fingerprint density at radius 1 is 1.23 bits per heavy atom. The third-order valence-corrected chi connectivity index (χ3v) is 6.10. The van der Waals surface area contributed by atoms with Gasteiger partial charge in [0.15, 0.2) is 5.78 Å². The molecule has 1 aromatic heterocycles. The zero-order valence-corrected chi connectivity index (χ0v) is 19.5. The Labute approximate surface area is 190 Å². The second-order valence-corrected chi connectivity index (χ2v) is 8.46. The lowest BCUT2D eigenvalue weighted by Crippen LogP contribution is -2.30. The zero-order valence-electron chi connectivity index (χ0n) is 15.6. The number of aryl methyl sites for hydroxylation is 1. The molecule has 0 fully saturated rings. The molecular weight excluding hydrogens is 557 g/mol. The molecule has 0 aliphatic heterocycles. The van der Waals surface area contributed by atoms with Gasteiger partial charge in [-0.1, -0.05) is 11.6 Å². The van der Waals surface area contributed by atoms with Crippen LogP contribution in [0, 0.1) is 5.82 Å². The van der Waals surface area contributed by atoms with E-state index in [4.69, 9.17) is 11.6 Å². The standard InChI is InChI=1S/C19H14Br2ClF4N3O/c1-3-27-18-28(2)16-13(29(18)8-19(24,25)26)7-11(20)14(15(16)21)17(30)10-6-9(23)4-5-12(10)22/h4-7H,3,8H2,1-2H3. The Kier molecular flexibility index (Phi) is 6.50. The topological polar surface area (TPSA) is 39.3 Å². The van der Waals surface area contributed by atoms with Gasteiger partial charge in [0.05, 0.1) is 26.1 Å². The van der Waals surface area contributed by atoms with E-state index in [0.29, 0.717) is 5.52 Å². The van der Waals surface area contributed by atoms with Crippen molar-refractivity contribution in [3.8, 4) is 0 Å². The Balaban J connectivity index is 2.35. The van der Waals surface area contributed by atoms with Gasteiger partial charge in [-0.2, -0.15) is 13.2 Å². The Morgan fingerprint density at radius 2 is 1.90 bits per heavy atom. The first kappa shape index (κ1) is 23.0. The van der Waals surface area contributed by atoms with Crippen LogP contribution in [0.1, 0.15) is 22.8 Å². The summed E-state index contributed by atoms with van der Waals surface area (Å²) in [6, 6.07) is 4.83. The molecule has 0 N–H and O–H groups in total. The molecule has 0 aliphatic rings. The predicted molar refractivity (Wildman–Crippen MR) is 113 cm³/mol. The van der Waals surface area contributed by atoms with Crippen LogP contribution in [0.4, 0.5) is 17.6 Å². The molecular formula is C19H14Br2ClF4N3O. The number of halogens is 7. The van der Waals surface area contributed by atoms with E-state index in [-0.39, 0.29) is 42.8 Å². The average molecular weight is 572 g/mol. The van der Waals surface area contributed by atoms with Gasteiger partial charge in [0.2, 0.25) is 5.62 Å². The number of hydrogen-bond donors (Lipinski definition) is 0. The maximum Gasteiger partial charge on any atom is 0.406 e. The summed E-state index contributed by atoms with van der Waals surface area (Å²) in [7, 11) is 1.56. The van der Waals surface area contributed by atoms with Crippen LogP contribution in [-0.2, 0) is 13.6 Å². The van der Waals surface area contributed by atoms with E-state index in [9.17, 15) is 22.4 Å². The molecule has 0 radical (unpaired) electrons. The fourth-order valence-electron chi connectivity index (χ4n) is 3.19. The van der Waals surface area contributed by atoms with Crippen molar-refractivity contribution in [2.24, 2.45) is 12.0 Å². The molecule has 0 unspecified atom stereocenters. The lowest BCUT2D eigenvalue weighted by molar-refractivity contribution is -0.140. The molecule has 160 valence electrons. The second-order valence-electron chi connectivity index (χ2n) is 6.40. The first-order valence-corrected chi connectivity index (χ1v) is 10.6. The number of benzene rings is 2. The summed E-state index contributed by atoms with van der Waals surface area (Å²) in [6.07, 6.45) is -4.47. The van der Waals surface area contributed by atoms with Gasteiger partial charge in [0.1, 0.15) is 12.4 Å². The van der Waals surface area contributed by atoms with E-state index in [1.54, 1.807) is 14.0 Å². The summed E-state index contributed by atoms with van der Waals surface area (Å²) < 4.78 is 56.3. The van der Waals surface area contributed by atoms with Crippen molar-refractivity contribution < 1.29 is 22.4 Å². The maximum atomic E-state index is 13.7.